The number of morpholine rings is 1. The van der Waals surface area contributed by atoms with Crippen LogP contribution < -0.4 is 10.2 Å². The van der Waals surface area contributed by atoms with Crippen molar-refractivity contribution in [3.63, 3.8) is 0 Å². The zero-order valence-electron chi connectivity index (χ0n) is 14.6. The van der Waals surface area contributed by atoms with E-state index in [0.717, 1.165) is 43.3 Å². The van der Waals surface area contributed by atoms with Crippen molar-refractivity contribution in [2.75, 3.05) is 31.1 Å². The third-order valence-electron chi connectivity index (χ3n) is 4.70. The van der Waals surface area contributed by atoms with E-state index in [4.69, 9.17) is 16.3 Å². The van der Waals surface area contributed by atoms with Gasteiger partial charge in [-0.1, -0.05) is 29.8 Å². The second-order valence-corrected chi connectivity index (χ2v) is 7.01. The molecule has 5 heteroatoms. The van der Waals surface area contributed by atoms with Crippen LogP contribution in [0.5, 0.6) is 0 Å². The Morgan fingerprint density at radius 1 is 1.15 bits per heavy atom. The van der Waals surface area contributed by atoms with E-state index in [9.17, 15) is 0 Å². The predicted molar refractivity (Wildman–Crippen MR) is 107 cm³/mol. The van der Waals surface area contributed by atoms with E-state index in [1.807, 2.05) is 24.4 Å². The standard InChI is InChI=1S/C21H22ClN3O/c22-18-5-7-19(8-6-18)25-10-11-26-20(15-25)14-23-13-16-3-4-17-2-1-9-24-21(17)12-16/h1-9,12,20,23H,10-11,13-15H2. The van der Waals surface area contributed by atoms with Crippen molar-refractivity contribution in [3.05, 3.63) is 71.4 Å². The van der Waals surface area contributed by atoms with Gasteiger partial charge in [-0.2, -0.15) is 0 Å². The zero-order chi connectivity index (χ0) is 17.8. The summed E-state index contributed by atoms with van der Waals surface area (Å²) in [6.45, 7) is 4.18. The summed E-state index contributed by atoms with van der Waals surface area (Å²) in [5, 5.41) is 5.46. The molecule has 0 amide bonds. The Bertz CT molecular complexity index is 869. The Balaban J connectivity index is 1.31. The first-order valence-corrected chi connectivity index (χ1v) is 9.32. The molecule has 1 atom stereocenters. The summed E-state index contributed by atoms with van der Waals surface area (Å²) in [6, 6.07) is 18.5. The topological polar surface area (TPSA) is 37.4 Å². The molecule has 0 aliphatic carbocycles. The minimum Gasteiger partial charge on any atom is -0.373 e. The fourth-order valence-electron chi connectivity index (χ4n) is 3.33. The number of anilines is 1. The lowest BCUT2D eigenvalue weighted by molar-refractivity contribution is 0.0407. The van der Waals surface area contributed by atoms with E-state index in [2.05, 4.69) is 51.6 Å². The van der Waals surface area contributed by atoms with Gasteiger partial charge >= 0.3 is 0 Å². The van der Waals surface area contributed by atoms with E-state index < -0.39 is 0 Å². The molecule has 0 saturated carbocycles. The van der Waals surface area contributed by atoms with Crippen molar-refractivity contribution in [2.24, 2.45) is 0 Å². The summed E-state index contributed by atoms with van der Waals surface area (Å²) < 4.78 is 5.92. The molecule has 1 saturated heterocycles. The molecule has 1 fully saturated rings. The highest BCUT2D eigenvalue weighted by Crippen LogP contribution is 2.20. The minimum absolute atomic E-state index is 0.179. The first-order valence-electron chi connectivity index (χ1n) is 8.94. The van der Waals surface area contributed by atoms with Gasteiger partial charge in [-0.05, 0) is 42.0 Å². The Labute approximate surface area is 158 Å². The maximum absolute atomic E-state index is 5.98. The summed E-state index contributed by atoms with van der Waals surface area (Å²) in [4.78, 5) is 6.77. The number of halogens is 1. The summed E-state index contributed by atoms with van der Waals surface area (Å²) in [5.41, 5.74) is 3.47. The second kappa shape index (κ2) is 8.04. The quantitative estimate of drug-likeness (QED) is 0.742. The van der Waals surface area contributed by atoms with Crippen LogP contribution in [0.1, 0.15) is 5.56 Å². The van der Waals surface area contributed by atoms with Gasteiger partial charge in [0, 0.05) is 48.5 Å². The highest BCUT2D eigenvalue weighted by atomic mass is 35.5. The number of rotatable bonds is 5. The van der Waals surface area contributed by atoms with Crippen LogP contribution in [0.3, 0.4) is 0 Å². The van der Waals surface area contributed by atoms with Crippen LogP contribution in [0.4, 0.5) is 5.69 Å². The SMILES string of the molecule is Clc1ccc(N2CCOC(CNCc3ccc4cccnc4c3)C2)cc1. The van der Waals surface area contributed by atoms with Gasteiger partial charge in [-0.3, -0.25) is 4.98 Å². The van der Waals surface area contributed by atoms with Gasteiger partial charge in [0.2, 0.25) is 0 Å². The maximum atomic E-state index is 5.98. The number of benzene rings is 2. The molecule has 26 heavy (non-hydrogen) atoms. The number of aromatic nitrogens is 1. The highest BCUT2D eigenvalue weighted by Gasteiger charge is 2.20. The molecular formula is C21H22ClN3O. The normalized spacial score (nSPS) is 17.6. The molecular weight excluding hydrogens is 346 g/mol. The first kappa shape index (κ1) is 17.3. The maximum Gasteiger partial charge on any atom is 0.0874 e. The van der Waals surface area contributed by atoms with Crippen LogP contribution in [0, 0.1) is 0 Å². The van der Waals surface area contributed by atoms with Gasteiger partial charge in [-0.15, -0.1) is 0 Å². The van der Waals surface area contributed by atoms with Gasteiger partial charge in [0.25, 0.3) is 0 Å². The van der Waals surface area contributed by atoms with E-state index in [-0.39, 0.29) is 6.10 Å². The highest BCUT2D eigenvalue weighted by molar-refractivity contribution is 6.30. The van der Waals surface area contributed by atoms with Crippen molar-refractivity contribution < 1.29 is 4.74 Å². The molecule has 134 valence electrons. The Hall–Kier alpha value is -2.14. The van der Waals surface area contributed by atoms with Gasteiger partial charge in [0.15, 0.2) is 0 Å². The van der Waals surface area contributed by atoms with Crippen molar-refractivity contribution in [1.82, 2.24) is 10.3 Å². The van der Waals surface area contributed by atoms with E-state index in [1.165, 1.54) is 16.6 Å². The van der Waals surface area contributed by atoms with Crippen LogP contribution in [0.2, 0.25) is 5.02 Å². The lowest BCUT2D eigenvalue weighted by Gasteiger charge is -2.34. The number of hydrogen-bond acceptors (Lipinski definition) is 4. The van der Waals surface area contributed by atoms with Gasteiger partial charge < -0.3 is 15.0 Å². The molecule has 0 spiro atoms. The van der Waals surface area contributed by atoms with E-state index >= 15 is 0 Å². The third kappa shape index (κ3) is 4.15. The molecule has 3 aromatic rings. The van der Waals surface area contributed by atoms with Crippen LogP contribution in [-0.4, -0.2) is 37.3 Å². The van der Waals surface area contributed by atoms with Crippen LogP contribution in [-0.2, 0) is 11.3 Å². The Morgan fingerprint density at radius 3 is 2.92 bits per heavy atom. The second-order valence-electron chi connectivity index (χ2n) is 6.58. The van der Waals surface area contributed by atoms with Crippen LogP contribution >= 0.6 is 11.6 Å². The van der Waals surface area contributed by atoms with Crippen LogP contribution in [0.25, 0.3) is 10.9 Å². The lowest BCUT2D eigenvalue weighted by atomic mass is 10.1. The molecule has 4 nitrogen and oxygen atoms in total. The van der Waals surface area contributed by atoms with Crippen molar-refractivity contribution in [2.45, 2.75) is 12.6 Å². The van der Waals surface area contributed by atoms with E-state index in [0.29, 0.717) is 0 Å². The molecule has 0 bridgehead atoms. The number of nitrogens with one attached hydrogen (secondary N) is 1. The van der Waals surface area contributed by atoms with Crippen molar-refractivity contribution in [3.8, 4) is 0 Å². The molecule has 1 aliphatic rings. The molecule has 1 N–H and O–H groups in total. The summed E-state index contributed by atoms with van der Waals surface area (Å²) in [5.74, 6) is 0. The third-order valence-corrected chi connectivity index (χ3v) is 4.95. The smallest absolute Gasteiger partial charge is 0.0874 e. The summed E-state index contributed by atoms with van der Waals surface area (Å²) >= 11 is 5.98. The number of ether oxygens (including phenoxy) is 1. The van der Waals surface area contributed by atoms with Crippen LogP contribution in [0.15, 0.2) is 60.8 Å². The number of nitrogens with zero attached hydrogens (tertiary/aromatic N) is 2. The molecule has 4 rings (SSSR count). The van der Waals surface area contributed by atoms with Gasteiger partial charge in [0.05, 0.1) is 18.2 Å². The van der Waals surface area contributed by atoms with E-state index in [1.54, 1.807) is 0 Å². The Morgan fingerprint density at radius 2 is 2.04 bits per heavy atom. The summed E-state index contributed by atoms with van der Waals surface area (Å²) in [7, 11) is 0. The number of pyridine rings is 1. The molecule has 1 aliphatic heterocycles. The molecule has 1 aromatic heterocycles. The average molecular weight is 368 g/mol. The van der Waals surface area contributed by atoms with Gasteiger partial charge in [-0.25, -0.2) is 0 Å². The summed E-state index contributed by atoms with van der Waals surface area (Å²) in [6.07, 6.45) is 2.01. The average Bonchev–Trinajstić information content (AvgIpc) is 2.69. The number of fused-ring (bicyclic) bond motifs is 1. The molecule has 1 unspecified atom stereocenters. The predicted octanol–water partition coefficient (Wildman–Crippen LogP) is 3.88. The van der Waals surface area contributed by atoms with Crippen molar-refractivity contribution >= 4 is 28.2 Å². The Kier molecular flexibility index (Phi) is 5.34. The van der Waals surface area contributed by atoms with Gasteiger partial charge in [0.1, 0.15) is 0 Å². The molecule has 2 aromatic carbocycles. The fourth-order valence-corrected chi connectivity index (χ4v) is 3.45. The largest absolute Gasteiger partial charge is 0.373 e. The lowest BCUT2D eigenvalue weighted by Crippen LogP contribution is -2.46. The zero-order valence-corrected chi connectivity index (χ0v) is 15.3. The molecule has 2 heterocycles. The number of hydrogen-bond donors (Lipinski definition) is 1. The minimum atomic E-state index is 0.179. The monoisotopic (exact) mass is 367 g/mol. The fraction of sp³-hybridized carbons (Fsp3) is 0.286. The first-order chi connectivity index (χ1) is 12.8. The van der Waals surface area contributed by atoms with Crippen molar-refractivity contribution in [1.29, 1.82) is 0 Å². The molecule has 0 radical (unpaired) electrons.